The Morgan fingerprint density at radius 1 is 1.14 bits per heavy atom. The summed E-state index contributed by atoms with van der Waals surface area (Å²) in [4.78, 5) is 26.9. The van der Waals surface area contributed by atoms with Gasteiger partial charge in [-0.2, -0.15) is 0 Å². The van der Waals surface area contributed by atoms with Crippen molar-refractivity contribution in [1.82, 2.24) is 5.32 Å². The van der Waals surface area contributed by atoms with Crippen molar-refractivity contribution in [3.05, 3.63) is 76.1 Å². The molecule has 1 amide bonds. The van der Waals surface area contributed by atoms with Crippen LogP contribution >= 0.6 is 0 Å². The molecule has 0 spiro atoms. The number of ether oxygens (including phenoxy) is 2. The number of aliphatic hydroxyl groups is 1. The van der Waals surface area contributed by atoms with Gasteiger partial charge >= 0.3 is 0 Å². The maximum atomic E-state index is 14.3. The first kappa shape index (κ1) is 26.3. The number of carbonyl (C=O) groups excluding carboxylic acids is 2. The van der Waals surface area contributed by atoms with E-state index in [1.54, 1.807) is 32.0 Å². The van der Waals surface area contributed by atoms with E-state index >= 15 is 0 Å². The molecular weight excluding hydrogens is 482 g/mol. The molecule has 1 unspecified atom stereocenters. The highest BCUT2D eigenvalue weighted by atomic mass is 19.1. The molecular formula is C28H30F2N2O5. The number of allylic oxidation sites excluding steroid dienone is 3. The van der Waals surface area contributed by atoms with Gasteiger partial charge in [0, 0.05) is 47.6 Å². The van der Waals surface area contributed by atoms with E-state index in [0.717, 1.165) is 11.8 Å². The fourth-order valence-corrected chi connectivity index (χ4v) is 4.94. The molecule has 0 bridgehead atoms. The Kier molecular flexibility index (Phi) is 7.36. The molecule has 7 nitrogen and oxygen atoms in total. The number of amides is 1. The largest absolute Gasteiger partial charge is 0.454 e. The van der Waals surface area contributed by atoms with Crippen LogP contribution in [0.3, 0.4) is 0 Å². The predicted octanol–water partition coefficient (Wildman–Crippen LogP) is 4.93. The summed E-state index contributed by atoms with van der Waals surface area (Å²) in [6, 6.07) is 8.28. The molecule has 2 aromatic rings. The molecule has 0 radical (unpaired) electrons. The van der Waals surface area contributed by atoms with E-state index in [-0.39, 0.29) is 35.9 Å². The zero-order valence-electron chi connectivity index (χ0n) is 21.2. The summed E-state index contributed by atoms with van der Waals surface area (Å²) >= 11 is 0. The van der Waals surface area contributed by atoms with Crippen LogP contribution in [0, 0.1) is 17.0 Å². The zero-order valence-corrected chi connectivity index (χ0v) is 21.2. The van der Waals surface area contributed by atoms with Crippen molar-refractivity contribution in [2.75, 3.05) is 18.7 Å². The Labute approximate surface area is 214 Å². The summed E-state index contributed by atoms with van der Waals surface area (Å²) in [5, 5.41) is 13.4. The fourth-order valence-electron chi connectivity index (χ4n) is 4.94. The van der Waals surface area contributed by atoms with Gasteiger partial charge in [-0.25, -0.2) is 8.78 Å². The molecule has 2 heterocycles. The van der Waals surface area contributed by atoms with Crippen LogP contribution < -0.4 is 20.1 Å². The molecule has 9 heteroatoms. The van der Waals surface area contributed by atoms with Gasteiger partial charge in [0.2, 0.25) is 6.79 Å². The monoisotopic (exact) mass is 512 g/mol. The highest BCUT2D eigenvalue weighted by Gasteiger charge is 2.43. The molecule has 37 heavy (non-hydrogen) atoms. The average molecular weight is 513 g/mol. The van der Waals surface area contributed by atoms with Gasteiger partial charge in [0.1, 0.15) is 11.6 Å². The quantitative estimate of drug-likeness (QED) is 0.540. The predicted molar refractivity (Wildman–Crippen MR) is 134 cm³/mol. The number of dihydropyridines is 1. The van der Waals surface area contributed by atoms with Gasteiger partial charge in [-0.3, -0.25) is 9.59 Å². The van der Waals surface area contributed by atoms with Crippen molar-refractivity contribution in [3.8, 4) is 11.5 Å². The minimum atomic E-state index is -0.884. The van der Waals surface area contributed by atoms with E-state index in [2.05, 4.69) is 10.6 Å². The minimum absolute atomic E-state index is 0.0489. The standard InChI is InChI=1S/C26H24F2N2O4.C2H6O/c1-13-22(25(32)30-17-6-5-15(27)9-16(17)28)23(14-4-7-20-21(8-14)34-12-33-20)24-18(29-13)10-26(2,3)11-19(24)31;1-2-3/h4-9,23,29H,10-12H2,1-3H3,(H,30,32);3H,2H2,1H3. The van der Waals surface area contributed by atoms with Crippen LogP contribution in [0.1, 0.15) is 52.0 Å². The van der Waals surface area contributed by atoms with Crippen LogP contribution in [0.15, 0.2) is 58.9 Å². The number of hydrogen-bond donors (Lipinski definition) is 3. The fraction of sp³-hybridized carbons (Fsp3) is 0.357. The SMILES string of the molecule is CC1=C(C(=O)Nc2ccc(F)cc2F)C(c2ccc3c(c2)OCO3)C2=C(CC(C)(C)CC2=O)N1.CCO. The van der Waals surface area contributed by atoms with E-state index in [4.69, 9.17) is 14.6 Å². The number of anilines is 1. The summed E-state index contributed by atoms with van der Waals surface area (Å²) in [6.07, 6.45) is 0.989. The van der Waals surface area contributed by atoms with Gasteiger partial charge in [-0.15, -0.1) is 0 Å². The molecule has 3 N–H and O–H groups in total. The maximum Gasteiger partial charge on any atom is 0.254 e. The number of carbonyl (C=O) groups is 2. The lowest BCUT2D eigenvalue weighted by Gasteiger charge is -2.39. The summed E-state index contributed by atoms with van der Waals surface area (Å²) < 4.78 is 38.6. The van der Waals surface area contributed by atoms with Crippen molar-refractivity contribution >= 4 is 17.4 Å². The van der Waals surface area contributed by atoms with Crippen molar-refractivity contribution in [2.45, 2.75) is 46.5 Å². The van der Waals surface area contributed by atoms with E-state index in [0.29, 0.717) is 47.2 Å². The molecule has 0 fully saturated rings. The second-order valence-corrected chi connectivity index (χ2v) is 9.94. The van der Waals surface area contributed by atoms with Crippen LogP contribution in [-0.2, 0) is 9.59 Å². The molecule has 196 valence electrons. The van der Waals surface area contributed by atoms with Crippen LogP contribution in [0.4, 0.5) is 14.5 Å². The Morgan fingerprint density at radius 2 is 1.84 bits per heavy atom. The van der Waals surface area contributed by atoms with Gasteiger partial charge in [0.05, 0.1) is 5.69 Å². The third kappa shape index (κ3) is 5.36. The molecule has 0 saturated heterocycles. The van der Waals surface area contributed by atoms with E-state index in [1.165, 1.54) is 6.07 Å². The van der Waals surface area contributed by atoms with Crippen LogP contribution in [0.2, 0.25) is 0 Å². The van der Waals surface area contributed by atoms with Crippen molar-refractivity contribution < 1.29 is 33.0 Å². The minimum Gasteiger partial charge on any atom is -0.454 e. The molecule has 0 aromatic heterocycles. The number of benzene rings is 2. The number of aliphatic hydroxyl groups excluding tert-OH is 1. The summed E-state index contributed by atoms with van der Waals surface area (Å²) in [7, 11) is 0. The lowest BCUT2D eigenvalue weighted by molar-refractivity contribution is -0.118. The lowest BCUT2D eigenvalue weighted by Crippen LogP contribution is -2.39. The number of ketones is 1. The van der Waals surface area contributed by atoms with Crippen molar-refractivity contribution in [1.29, 1.82) is 0 Å². The Bertz CT molecular complexity index is 1320. The molecule has 2 aliphatic heterocycles. The van der Waals surface area contributed by atoms with Crippen LogP contribution in [0.25, 0.3) is 0 Å². The average Bonchev–Trinajstić information content (AvgIpc) is 3.27. The highest BCUT2D eigenvalue weighted by molar-refractivity contribution is 6.10. The first-order valence-electron chi connectivity index (χ1n) is 12.1. The van der Waals surface area contributed by atoms with Gasteiger partial charge in [-0.05, 0) is 55.5 Å². The number of Topliss-reactive ketones (excluding diaryl/α,β-unsaturated/α-hetero) is 1. The number of nitrogens with one attached hydrogen (secondary N) is 2. The normalized spacial score (nSPS) is 19.5. The second-order valence-electron chi connectivity index (χ2n) is 9.94. The molecule has 5 rings (SSSR count). The van der Waals surface area contributed by atoms with Crippen molar-refractivity contribution in [2.24, 2.45) is 5.41 Å². The highest BCUT2D eigenvalue weighted by Crippen LogP contribution is 2.48. The molecule has 1 atom stereocenters. The van der Waals surface area contributed by atoms with Crippen LogP contribution in [-0.4, -0.2) is 30.2 Å². The Balaban J connectivity index is 0.00000102. The van der Waals surface area contributed by atoms with Crippen molar-refractivity contribution in [3.63, 3.8) is 0 Å². The van der Waals surface area contributed by atoms with Gasteiger partial charge < -0.3 is 25.2 Å². The smallest absolute Gasteiger partial charge is 0.254 e. The molecule has 1 aliphatic carbocycles. The van der Waals surface area contributed by atoms with Crippen LogP contribution in [0.5, 0.6) is 11.5 Å². The topological polar surface area (TPSA) is 96.9 Å². The molecule has 3 aliphatic rings. The third-order valence-corrected chi connectivity index (χ3v) is 6.39. The first-order chi connectivity index (χ1) is 17.5. The van der Waals surface area contributed by atoms with Gasteiger partial charge in [0.15, 0.2) is 17.3 Å². The summed E-state index contributed by atoms with van der Waals surface area (Å²) in [5.41, 5.74) is 2.47. The van der Waals surface area contributed by atoms with E-state index < -0.39 is 23.5 Å². The van der Waals surface area contributed by atoms with Gasteiger partial charge in [-0.1, -0.05) is 19.9 Å². The van der Waals surface area contributed by atoms with E-state index in [1.807, 2.05) is 13.8 Å². The van der Waals surface area contributed by atoms with Gasteiger partial charge in [0.25, 0.3) is 5.91 Å². The number of rotatable bonds is 3. The molecule has 0 saturated carbocycles. The number of hydrogen-bond acceptors (Lipinski definition) is 6. The Morgan fingerprint density at radius 3 is 2.54 bits per heavy atom. The maximum absolute atomic E-state index is 14.3. The zero-order chi connectivity index (χ0) is 26.9. The summed E-state index contributed by atoms with van der Waals surface area (Å²) in [5.74, 6) is -1.82. The Hall–Kier alpha value is -3.72. The lowest BCUT2D eigenvalue weighted by atomic mass is 9.68. The summed E-state index contributed by atoms with van der Waals surface area (Å²) in [6.45, 7) is 7.85. The first-order valence-corrected chi connectivity index (χ1v) is 12.1. The second kappa shape index (κ2) is 10.3. The third-order valence-electron chi connectivity index (χ3n) is 6.39. The molecule has 2 aromatic carbocycles. The number of fused-ring (bicyclic) bond motifs is 1. The number of halogens is 2. The van der Waals surface area contributed by atoms with E-state index in [9.17, 15) is 18.4 Å².